The Morgan fingerprint density at radius 1 is 1.47 bits per heavy atom. The molecule has 0 saturated carbocycles. The molecule has 0 bridgehead atoms. The Balaban J connectivity index is 2.59. The average Bonchev–Trinajstić information content (AvgIpc) is 2.29. The predicted octanol–water partition coefficient (Wildman–Crippen LogP) is 1.55. The Bertz CT molecular complexity index is 291. The zero-order chi connectivity index (χ0) is 11.1. The van der Waals surface area contributed by atoms with Crippen molar-refractivity contribution in [2.24, 2.45) is 0 Å². The monoisotopic (exact) mass is 211 g/mol. The summed E-state index contributed by atoms with van der Waals surface area (Å²) in [7, 11) is 3.22. The van der Waals surface area contributed by atoms with Gasteiger partial charge >= 0.3 is 0 Å². The van der Waals surface area contributed by atoms with Crippen LogP contribution in [-0.4, -0.2) is 30.9 Å². The molecule has 0 spiro atoms. The van der Waals surface area contributed by atoms with Crippen LogP contribution in [0.1, 0.15) is 24.5 Å². The van der Waals surface area contributed by atoms with Gasteiger partial charge in [0, 0.05) is 25.5 Å². The first-order valence-corrected chi connectivity index (χ1v) is 4.94. The molecule has 0 saturated heterocycles. The van der Waals surface area contributed by atoms with Crippen molar-refractivity contribution in [1.29, 1.82) is 0 Å². The average molecular weight is 211 g/mol. The second kappa shape index (κ2) is 6.37. The highest BCUT2D eigenvalue weighted by Crippen LogP contribution is 2.26. The van der Waals surface area contributed by atoms with Crippen LogP contribution < -0.4 is 4.74 Å². The molecule has 4 nitrogen and oxygen atoms in total. The largest absolute Gasteiger partial charge is 0.495 e. The van der Waals surface area contributed by atoms with Gasteiger partial charge in [-0.25, -0.2) is 0 Å². The summed E-state index contributed by atoms with van der Waals surface area (Å²) < 4.78 is 10.0. The topological polar surface area (TPSA) is 51.6 Å². The first-order chi connectivity index (χ1) is 7.29. The van der Waals surface area contributed by atoms with Gasteiger partial charge in [0.15, 0.2) is 0 Å². The van der Waals surface area contributed by atoms with Crippen LogP contribution in [0, 0.1) is 0 Å². The molecule has 0 radical (unpaired) electrons. The van der Waals surface area contributed by atoms with Gasteiger partial charge in [0.05, 0.1) is 19.4 Å². The number of ether oxygens (including phenoxy) is 2. The van der Waals surface area contributed by atoms with Crippen molar-refractivity contribution >= 4 is 0 Å². The number of hydrogen-bond acceptors (Lipinski definition) is 4. The van der Waals surface area contributed by atoms with E-state index < -0.39 is 6.10 Å². The van der Waals surface area contributed by atoms with Crippen LogP contribution >= 0.6 is 0 Å². The van der Waals surface area contributed by atoms with E-state index in [0.29, 0.717) is 18.8 Å². The van der Waals surface area contributed by atoms with Crippen molar-refractivity contribution in [2.75, 3.05) is 20.8 Å². The van der Waals surface area contributed by atoms with Gasteiger partial charge in [-0.1, -0.05) is 0 Å². The van der Waals surface area contributed by atoms with E-state index in [4.69, 9.17) is 9.47 Å². The van der Waals surface area contributed by atoms with Crippen molar-refractivity contribution in [3.05, 3.63) is 24.0 Å². The van der Waals surface area contributed by atoms with E-state index in [-0.39, 0.29) is 0 Å². The van der Waals surface area contributed by atoms with Gasteiger partial charge in [-0.2, -0.15) is 0 Å². The number of methoxy groups -OCH3 is 2. The summed E-state index contributed by atoms with van der Waals surface area (Å²) >= 11 is 0. The summed E-state index contributed by atoms with van der Waals surface area (Å²) in [6.45, 7) is 0.657. The summed E-state index contributed by atoms with van der Waals surface area (Å²) in [6.07, 6.45) is 4.22. The lowest BCUT2D eigenvalue weighted by molar-refractivity contribution is 0.134. The maximum Gasteiger partial charge on any atom is 0.142 e. The second-order valence-corrected chi connectivity index (χ2v) is 3.27. The molecule has 15 heavy (non-hydrogen) atoms. The van der Waals surface area contributed by atoms with Crippen molar-refractivity contribution in [2.45, 2.75) is 18.9 Å². The van der Waals surface area contributed by atoms with Gasteiger partial charge in [0.25, 0.3) is 0 Å². The molecule has 84 valence electrons. The van der Waals surface area contributed by atoms with Crippen molar-refractivity contribution in [3.8, 4) is 5.75 Å². The maximum atomic E-state index is 9.90. The molecule has 1 aromatic heterocycles. The standard InChI is InChI=1S/C11H17NO3/c1-14-7-3-4-10(13)9-5-6-12-8-11(9)15-2/h5-6,8,10,13H,3-4,7H2,1-2H3. The normalized spacial score (nSPS) is 12.5. The minimum absolute atomic E-state index is 0.516. The number of rotatable bonds is 6. The molecule has 4 heteroatoms. The van der Waals surface area contributed by atoms with Gasteiger partial charge in [0.2, 0.25) is 0 Å². The fourth-order valence-electron chi connectivity index (χ4n) is 1.41. The lowest BCUT2D eigenvalue weighted by atomic mass is 10.1. The van der Waals surface area contributed by atoms with E-state index in [0.717, 1.165) is 12.0 Å². The molecule has 0 aliphatic rings. The lowest BCUT2D eigenvalue weighted by Gasteiger charge is -2.13. The Hall–Kier alpha value is -1.13. The molecule has 1 unspecified atom stereocenters. The third-order valence-electron chi connectivity index (χ3n) is 2.22. The number of aliphatic hydroxyl groups is 1. The Morgan fingerprint density at radius 2 is 2.27 bits per heavy atom. The van der Waals surface area contributed by atoms with E-state index in [1.54, 1.807) is 32.7 Å². The Morgan fingerprint density at radius 3 is 2.93 bits per heavy atom. The van der Waals surface area contributed by atoms with Crippen LogP contribution in [0.2, 0.25) is 0 Å². The van der Waals surface area contributed by atoms with E-state index in [9.17, 15) is 5.11 Å². The van der Waals surface area contributed by atoms with E-state index in [2.05, 4.69) is 4.98 Å². The smallest absolute Gasteiger partial charge is 0.142 e. The highest BCUT2D eigenvalue weighted by atomic mass is 16.5. The molecule has 1 heterocycles. The molecule has 1 atom stereocenters. The predicted molar refractivity (Wildman–Crippen MR) is 56.9 cm³/mol. The van der Waals surface area contributed by atoms with Crippen LogP contribution in [0.25, 0.3) is 0 Å². The van der Waals surface area contributed by atoms with Gasteiger partial charge in [-0.15, -0.1) is 0 Å². The van der Waals surface area contributed by atoms with Crippen molar-refractivity contribution in [1.82, 2.24) is 4.98 Å². The zero-order valence-electron chi connectivity index (χ0n) is 9.14. The summed E-state index contributed by atoms with van der Waals surface area (Å²) in [6, 6.07) is 1.77. The molecular formula is C11H17NO3. The Labute approximate surface area is 89.9 Å². The summed E-state index contributed by atoms with van der Waals surface area (Å²) in [5.41, 5.74) is 0.781. The fraction of sp³-hybridized carbons (Fsp3) is 0.545. The zero-order valence-corrected chi connectivity index (χ0v) is 9.14. The first kappa shape index (κ1) is 11.9. The third kappa shape index (κ3) is 3.49. The van der Waals surface area contributed by atoms with Crippen LogP contribution in [0.15, 0.2) is 18.5 Å². The van der Waals surface area contributed by atoms with E-state index >= 15 is 0 Å². The highest BCUT2D eigenvalue weighted by molar-refractivity contribution is 5.31. The lowest BCUT2D eigenvalue weighted by Crippen LogP contribution is -2.02. The molecule has 1 rings (SSSR count). The number of hydrogen-bond donors (Lipinski definition) is 1. The van der Waals surface area contributed by atoms with Gasteiger partial charge < -0.3 is 14.6 Å². The minimum atomic E-state index is -0.516. The van der Waals surface area contributed by atoms with E-state index in [1.165, 1.54) is 0 Å². The van der Waals surface area contributed by atoms with Gasteiger partial charge in [-0.3, -0.25) is 4.98 Å². The molecule has 0 aliphatic heterocycles. The summed E-state index contributed by atoms with van der Waals surface area (Å²) in [5.74, 6) is 0.627. The minimum Gasteiger partial charge on any atom is -0.495 e. The number of aliphatic hydroxyl groups excluding tert-OH is 1. The molecular weight excluding hydrogens is 194 g/mol. The number of aromatic nitrogens is 1. The fourth-order valence-corrected chi connectivity index (χ4v) is 1.41. The molecule has 1 aromatic rings. The maximum absolute atomic E-state index is 9.90. The highest BCUT2D eigenvalue weighted by Gasteiger charge is 2.12. The van der Waals surface area contributed by atoms with Crippen LogP contribution in [0.3, 0.4) is 0 Å². The quantitative estimate of drug-likeness (QED) is 0.725. The Kier molecular flexibility index (Phi) is 5.07. The number of nitrogens with zero attached hydrogens (tertiary/aromatic N) is 1. The first-order valence-electron chi connectivity index (χ1n) is 4.94. The van der Waals surface area contributed by atoms with Gasteiger partial charge in [0.1, 0.15) is 5.75 Å². The van der Waals surface area contributed by atoms with Crippen LogP contribution in [0.5, 0.6) is 5.75 Å². The van der Waals surface area contributed by atoms with E-state index in [1.807, 2.05) is 0 Å². The van der Waals surface area contributed by atoms with Crippen LogP contribution in [-0.2, 0) is 4.74 Å². The SMILES string of the molecule is COCCCC(O)c1ccncc1OC. The third-order valence-corrected chi connectivity index (χ3v) is 2.22. The molecule has 1 N–H and O–H groups in total. The van der Waals surface area contributed by atoms with Crippen LogP contribution in [0.4, 0.5) is 0 Å². The number of pyridine rings is 1. The van der Waals surface area contributed by atoms with Gasteiger partial charge in [-0.05, 0) is 18.9 Å². The van der Waals surface area contributed by atoms with Crippen molar-refractivity contribution < 1.29 is 14.6 Å². The molecule has 0 amide bonds. The summed E-state index contributed by atoms with van der Waals surface area (Å²) in [5, 5.41) is 9.90. The second-order valence-electron chi connectivity index (χ2n) is 3.27. The molecule has 0 fully saturated rings. The molecule has 0 aromatic carbocycles. The molecule has 0 aliphatic carbocycles. The summed E-state index contributed by atoms with van der Waals surface area (Å²) in [4.78, 5) is 3.93. The van der Waals surface area contributed by atoms with Crippen molar-refractivity contribution in [3.63, 3.8) is 0 Å².